The van der Waals surface area contributed by atoms with Gasteiger partial charge in [-0.05, 0) is 47.6 Å². The Morgan fingerprint density at radius 2 is 1.62 bits per heavy atom. The molecular formula is C22H29N3O5S2. The van der Waals surface area contributed by atoms with Gasteiger partial charge in [0.15, 0.2) is 0 Å². The van der Waals surface area contributed by atoms with Crippen LogP contribution in [0.15, 0.2) is 47.4 Å². The molecule has 2 aromatic carbocycles. The molecule has 1 fully saturated rings. The number of rotatable bonds is 7. The summed E-state index contributed by atoms with van der Waals surface area (Å²) in [5, 5.41) is 5.48. The zero-order valence-corrected chi connectivity index (χ0v) is 19.7. The molecule has 0 saturated carbocycles. The molecule has 10 heteroatoms. The van der Waals surface area contributed by atoms with Gasteiger partial charge in [-0.15, -0.1) is 0 Å². The standard InChI is InChI=1S/C22H29N3O5S2/c1-31(26,27)25-10-8-17(9-11-25)16-30-21-7-6-18(12-22(21)32(23,28)29)13-24-14-19-4-2-3-5-20(19)15-24/h2-7,12,17H,8-11,13-16H2,1H3,(H2,23,28,29). The largest absolute Gasteiger partial charge is 0.492 e. The second kappa shape index (κ2) is 9.11. The molecule has 0 amide bonds. The van der Waals surface area contributed by atoms with Crippen LogP contribution in [0.4, 0.5) is 0 Å². The van der Waals surface area contributed by atoms with Gasteiger partial charge in [0.1, 0.15) is 10.6 Å². The fourth-order valence-electron chi connectivity index (χ4n) is 4.38. The van der Waals surface area contributed by atoms with Gasteiger partial charge < -0.3 is 4.74 Å². The van der Waals surface area contributed by atoms with E-state index in [2.05, 4.69) is 17.0 Å². The molecule has 0 bridgehead atoms. The zero-order valence-electron chi connectivity index (χ0n) is 18.1. The highest BCUT2D eigenvalue weighted by atomic mass is 32.2. The van der Waals surface area contributed by atoms with E-state index in [4.69, 9.17) is 9.88 Å². The van der Waals surface area contributed by atoms with Crippen molar-refractivity contribution in [1.29, 1.82) is 0 Å². The average molecular weight is 480 g/mol. The van der Waals surface area contributed by atoms with Crippen molar-refractivity contribution in [2.24, 2.45) is 11.1 Å². The van der Waals surface area contributed by atoms with Crippen molar-refractivity contribution in [3.8, 4) is 5.75 Å². The van der Waals surface area contributed by atoms with Crippen LogP contribution in [0.3, 0.4) is 0 Å². The summed E-state index contributed by atoms with van der Waals surface area (Å²) in [7, 11) is -7.14. The molecule has 0 unspecified atom stereocenters. The predicted octanol–water partition coefficient (Wildman–Crippen LogP) is 1.90. The zero-order chi connectivity index (χ0) is 22.9. The summed E-state index contributed by atoms with van der Waals surface area (Å²) >= 11 is 0. The molecule has 0 radical (unpaired) electrons. The van der Waals surface area contributed by atoms with E-state index in [1.165, 1.54) is 21.7 Å². The van der Waals surface area contributed by atoms with Crippen LogP contribution in [-0.4, -0.2) is 52.0 Å². The molecule has 174 valence electrons. The number of nitrogens with zero attached hydrogens (tertiary/aromatic N) is 2. The minimum absolute atomic E-state index is 0.0136. The van der Waals surface area contributed by atoms with Gasteiger partial charge in [0.2, 0.25) is 20.0 Å². The van der Waals surface area contributed by atoms with E-state index in [9.17, 15) is 16.8 Å². The molecule has 0 spiro atoms. The number of nitrogens with two attached hydrogens (primary N) is 1. The van der Waals surface area contributed by atoms with Crippen molar-refractivity contribution in [2.45, 2.75) is 37.4 Å². The van der Waals surface area contributed by atoms with Crippen LogP contribution in [0.5, 0.6) is 5.75 Å². The van der Waals surface area contributed by atoms with Gasteiger partial charge in [-0.1, -0.05) is 30.3 Å². The SMILES string of the molecule is CS(=O)(=O)N1CCC(COc2ccc(CN3Cc4ccccc4C3)cc2S(N)(=O)=O)CC1. The van der Waals surface area contributed by atoms with E-state index in [0.717, 1.165) is 18.7 Å². The summed E-state index contributed by atoms with van der Waals surface area (Å²) in [5.41, 5.74) is 3.44. The summed E-state index contributed by atoms with van der Waals surface area (Å²) in [6.45, 7) is 3.48. The molecule has 2 N–H and O–H groups in total. The summed E-state index contributed by atoms with van der Waals surface area (Å²) < 4.78 is 55.1. The van der Waals surface area contributed by atoms with Crippen molar-refractivity contribution in [1.82, 2.24) is 9.21 Å². The number of hydrogen-bond donors (Lipinski definition) is 1. The number of hydrogen-bond acceptors (Lipinski definition) is 6. The van der Waals surface area contributed by atoms with Crippen LogP contribution >= 0.6 is 0 Å². The van der Waals surface area contributed by atoms with Crippen LogP contribution in [0.25, 0.3) is 0 Å². The summed E-state index contributed by atoms with van der Waals surface area (Å²) in [6, 6.07) is 13.4. The average Bonchev–Trinajstić information content (AvgIpc) is 3.14. The predicted molar refractivity (Wildman–Crippen MR) is 122 cm³/mol. The van der Waals surface area contributed by atoms with Gasteiger partial charge in [0.05, 0.1) is 12.9 Å². The van der Waals surface area contributed by atoms with E-state index < -0.39 is 20.0 Å². The molecule has 2 aliphatic rings. The number of sulfonamides is 2. The van der Waals surface area contributed by atoms with Crippen molar-refractivity contribution in [3.05, 3.63) is 59.2 Å². The third-order valence-electron chi connectivity index (χ3n) is 6.14. The molecule has 8 nitrogen and oxygen atoms in total. The Morgan fingerprint density at radius 1 is 1.00 bits per heavy atom. The number of piperidine rings is 1. The molecule has 2 aromatic rings. The Kier molecular flexibility index (Phi) is 6.60. The van der Waals surface area contributed by atoms with Gasteiger partial charge in [-0.3, -0.25) is 4.90 Å². The molecule has 2 heterocycles. The van der Waals surface area contributed by atoms with Crippen LogP contribution in [0, 0.1) is 5.92 Å². The van der Waals surface area contributed by atoms with E-state index in [1.54, 1.807) is 12.1 Å². The lowest BCUT2D eigenvalue weighted by molar-refractivity contribution is 0.183. The van der Waals surface area contributed by atoms with Gasteiger partial charge in [-0.2, -0.15) is 0 Å². The molecule has 0 atom stereocenters. The van der Waals surface area contributed by atoms with Crippen molar-refractivity contribution in [3.63, 3.8) is 0 Å². The Hall–Kier alpha value is -1.98. The maximum Gasteiger partial charge on any atom is 0.241 e. The maximum absolute atomic E-state index is 12.2. The first-order valence-electron chi connectivity index (χ1n) is 10.6. The maximum atomic E-state index is 12.2. The third kappa shape index (κ3) is 5.49. The quantitative estimate of drug-likeness (QED) is 0.650. The molecule has 32 heavy (non-hydrogen) atoms. The van der Waals surface area contributed by atoms with E-state index in [-0.39, 0.29) is 16.6 Å². The highest BCUT2D eigenvalue weighted by Gasteiger charge is 2.26. The Bertz CT molecular complexity index is 1160. The van der Waals surface area contributed by atoms with Crippen LogP contribution in [-0.2, 0) is 39.7 Å². The molecule has 1 saturated heterocycles. The summed E-state index contributed by atoms with van der Waals surface area (Å²) in [4.78, 5) is 2.24. The summed E-state index contributed by atoms with van der Waals surface area (Å²) in [6.07, 6.45) is 2.56. The minimum atomic E-state index is -3.96. The monoisotopic (exact) mass is 479 g/mol. The van der Waals surface area contributed by atoms with Gasteiger partial charge >= 0.3 is 0 Å². The van der Waals surface area contributed by atoms with Crippen molar-refractivity contribution < 1.29 is 21.6 Å². The number of fused-ring (bicyclic) bond motifs is 1. The lowest BCUT2D eigenvalue weighted by Gasteiger charge is -2.30. The molecule has 4 rings (SSSR count). The number of benzene rings is 2. The molecule has 0 aromatic heterocycles. The highest BCUT2D eigenvalue weighted by molar-refractivity contribution is 7.89. The first-order chi connectivity index (χ1) is 15.1. The van der Waals surface area contributed by atoms with Crippen LogP contribution in [0.1, 0.15) is 29.5 Å². The van der Waals surface area contributed by atoms with Gasteiger partial charge in [0.25, 0.3) is 0 Å². The topological polar surface area (TPSA) is 110 Å². The molecule has 2 aliphatic heterocycles. The summed E-state index contributed by atoms with van der Waals surface area (Å²) in [5.74, 6) is 0.399. The number of primary sulfonamides is 1. The van der Waals surface area contributed by atoms with E-state index in [0.29, 0.717) is 39.1 Å². The second-order valence-corrected chi connectivity index (χ2v) is 12.2. The van der Waals surface area contributed by atoms with Crippen LogP contribution in [0.2, 0.25) is 0 Å². The molecular weight excluding hydrogens is 450 g/mol. The second-order valence-electron chi connectivity index (χ2n) is 8.66. The smallest absolute Gasteiger partial charge is 0.241 e. The first kappa shape index (κ1) is 23.2. The van der Waals surface area contributed by atoms with Crippen molar-refractivity contribution >= 4 is 20.0 Å². The fraction of sp³-hybridized carbons (Fsp3) is 0.455. The first-order valence-corrected chi connectivity index (χ1v) is 14.0. The number of ether oxygens (including phenoxy) is 1. The Labute approximate surface area is 190 Å². The van der Waals surface area contributed by atoms with Crippen molar-refractivity contribution in [2.75, 3.05) is 26.0 Å². The molecule has 0 aliphatic carbocycles. The minimum Gasteiger partial charge on any atom is -0.492 e. The van der Waals surface area contributed by atoms with Gasteiger partial charge in [-0.25, -0.2) is 26.3 Å². The normalized spacial score (nSPS) is 18.6. The van der Waals surface area contributed by atoms with Gasteiger partial charge in [0, 0.05) is 32.7 Å². The van der Waals surface area contributed by atoms with E-state index >= 15 is 0 Å². The lowest BCUT2D eigenvalue weighted by Crippen LogP contribution is -2.39. The highest BCUT2D eigenvalue weighted by Crippen LogP contribution is 2.29. The van der Waals surface area contributed by atoms with E-state index in [1.807, 2.05) is 18.2 Å². The Balaban J connectivity index is 1.41. The Morgan fingerprint density at radius 3 is 2.19 bits per heavy atom. The lowest BCUT2D eigenvalue weighted by atomic mass is 9.99. The fourth-order valence-corrected chi connectivity index (χ4v) is 5.98. The van der Waals surface area contributed by atoms with Crippen LogP contribution < -0.4 is 9.88 Å². The third-order valence-corrected chi connectivity index (χ3v) is 8.38.